The minimum absolute atomic E-state index is 0.122. The van der Waals surface area contributed by atoms with E-state index in [0.29, 0.717) is 0 Å². The van der Waals surface area contributed by atoms with Crippen LogP contribution < -0.4 is 20.1 Å². The Morgan fingerprint density at radius 2 is 1.61 bits per heavy atom. The molecule has 1 aromatic carbocycles. The minimum Gasteiger partial charge on any atom is -0.454 e. The van der Waals surface area contributed by atoms with Crippen LogP contribution in [0.2, 0.25) is 0 Å². The Morgan fingerprint density at radius 1 is 0.968 bits per heavy atom. The third-order valence-corrected chi connectivity index (χ3v) is 7.39. The quantitative estimate of drug-likeness (QED) is 0.325. The molecule has 2 aliphatic rings. The molecule has 174 valence electrons. The number of hydrogen-bond acceptors (Lipinski definition) is 5. The number of carbonyl (C=O) groups is 1. The molecule has 2 heterocycles. The number of fused-ring (bicyclic) bond motifs is 1. The van der Waals surface area contributed by atoms with Crippen molar-refractivity contribution in [1.29, 1.82) is 0 Å². The number of amides is 1. The summed E-state index contributed by atoms with van der Waals surface area (Å²) < 4.78 is 10.8. The molecule has 2 atom stereocenters. The number of benzene rings is 1. The molecular weight excluding hydrogens is 408 g/mol. The lowest BCUT2D eigenvalue weighted by Crippen LogP contribution is -2.42. The standard InChI is InChI=1S/C25H40N2O3S/c1-2-3-4-5-6-7-8-9-10-11-12-13-16-26-24(28)21-18-31-25(27-21)20-14-15-22-23(17-20)30-19-29-22/h14-15,17,21,25,27H,2-13,16,18-19H2,1H3,(H,26,28)/t21-,25?/m0/s1. The highest BCUT2D eigenvalue weighted by Gasteiger charge is 2.31. The molecule has 0 aromatic heterocycles. The van der Waals surface area contributed by atoms with E-state index in [1.165, 1.54) is 70.6 Å². The lowest BCUT2D eigenvalue weighted by Gasteiger charge is -2.14. The van der Waals surface area contributed by atoms with Crippen LogP contribution >= 0.6 is 11.8 Å². The number of unbranched alkanes of at least 4 members (excludes halogenated alkanes) is 11. The Labute approximate surface area is 192 Å². The molecule has 1 fully saturated rings. The highest BCUT2D eigenvalue weighted by atomic mass is 32.2. The molecule has 0 aliphatic carbocycles. The first kappa shape index (κ1) is 24.2. The average molecular weight is 449 g/mol. The predicted molar refractivity (Wildman–Crippen MR) is 129 cm³/mol. The van der Waals surface area contributed by atoms with Gasteiger partial charge < -0.3 is 14.8 Å². The van der Waals surface area contributed by atoms with Crippen molar-refractivity contribution >= 4 is 17.7 Å². The second kappa shape index (κ2) is 13.9. The van der Waals surface area contributed by atoms with Crippen molar-refractivity contribution in [2.24, 2.45) is 0 Å². The number of ether oxygens (including phenoxy) is 2. The fourth-order valence-electron chi connectivity index (χ4n) is 4.19. The van der Waals surface area contributed by atoms with Gasteiger partial charge in [-0.1, -0.05) is 83.6 Å². The predicted octanol–water partition coefficient (Wildman–Crippen LogP) is 5.94. The van der Waals surface area contributed by atoms with Crippen molar-refractivity contribution in [3.63, 3.8) is 0 Å². The van der Waals surface area contributed by atoms with Crippen LogP contribution in [-0.2, 0) is 4.79 Å². The summed E-state index contributed by atoms with van der Waals surface area (Å²) in [5, 5.41) is 6.69. The van der Waals surface area contributed by atoms with Gasteiger partial charge in [0, 0.05) is 12.3 Å². The molecule has 6 heteroatoms. The van der Waals surface area contributed by atoms with Crippen LogP contribution in [0, 0.1) is 0 Å². The maximum atomic E-state index is 12.5. The Morgan fingerprint density at radius 3 is 2.32 bits per heavy atom. The van der Waals surface area contributed by atoms with Gasteiger partial charge in [0.1, 0.15) is 0 Å². The van der Waals surface area contributed by atoms with Gasteiger partial charge in [-0.2, -0.15) is 0 Å². The number of hydrogen-bond donors (Lipinski definition) is 2. The molecular formula is C25H40N2O3S. The SMILES string of the molecule is CCCCCCCCCCCCCCNC(=O)[C@@H]1CSC(c2ccc3c(c2)OCO3)N1. The van der Waals surface area contributed by atoms with Gasteiger partial charge in [-0.05, 0) is 24.1 Å². The summed E-state index contributed by atoms with van der Waals surface area (Å²) >= 11 is 1.77. The van der Waals surface area contributed by atoms with E-state index in [4.69, 9.17) is 9.47 Å². The van der Waals surface area contributed by atoms with E-state index >= 15 is 0 Å². The maximum absolute atomic E-state index is 12.5. The average Bonchev–Trinajstić information content (AvgIpc) is 3.46. The van der Waals surface area contributed by atoms with E-state index in [2.05, 4.69) is 17.6 Å². The molecule has 0 saturated carbocycles. The summed E-state index contributed by atoms with van der Waals surface area (Å²) in [6.07, 6.45) is 16.0. The molecule has 1 saturated heterocycles. The zero-order valence-corrected chi connectivity index (χ0v) is 19.9. The lowest BCUT2D eigenvalue weighted by atomic mass is 10.1. The van der Waals surface area contributed by atoms with E-state index < -0.39 is 0 Å². The van der Waals surface area contributed by atoms with Crippen molar-refractivity contribution < 1.29 is 14.3 Å². The van der Waals surface area contributed by atoms with Crippen LogP contribution in [0.4, 0.5) is 0 Å². The van der Waals surface area contributed by atoms with Gasteiger partial charge in [-0.15, -0.1) is 11.8 Å². The molecule has 1 amide bonds. The van der Waals surface area contributed by atoms with Crippen LogP contribution in [0.3, 0.4) is 0 Å². The van der Waals surface area contributed by atoms with Crippen LogP contribution in [0.1, 0.15) is 94.9 Å². The molecule has 3 rings (SSSR count). The van der Waals surface area contributed by atoms with Gasteiger partial charge in [0.2, 0.25) is 12.7 Å². The Hall–Kier alpha value is -1.40. The van der Waals surface area contributed by atoms with Crippen molar-refractivity contribution in [2.75, 3.05) is 19.1 Å². The second-order valence-corrected chi connectivity index (χ2v) is 9.86. The fraction of sp³-hybridized carbons (Fsp3) is 0.720. The van der Waals surface area contributed by atoms with Crippen LogP contribution in [-0.4, -0.2) is 31.0 Å². The summed E-state index contributed by atoms with van der Waals surface area (Å²) in [5.41, 5.74) is 1.13. The molecule has 0 spiro atoms. The normalized spacial score (nSPS) is 19.6. The number of thioether (sulfide) groups is 1. The third kappa shape index (κ3) is 8.23. The Kier molecular flexibility index (Phi) is 10.9. The molecule has 1 aromatic rings. The van der Waals surface area contributed by atoms with E-state index in [9.17, 15) is 4.79 Å². The molecule has 2 N–H and O–H groups in total. The first-order valence-electron chi connectivity index (χ1n) is 12.3. The fourth-order valence-corrected chi connectivity index (χ4v) is 5.42. The maximum Gasteiger partial charge on any atom is 0.238 e. The highest BCUT2D eigenvalue weighted by molar-refractivity contribution is 7.99. The monoisotopic (exact) mass is 448 g/mol. The molecule has 5 nitrogen and oxygen atoms in total. The van der Waals surface area contributed by atoms with Crippen LogP contribution in [0.15, 0.2) is 18.2 Å². The smallest absolute Gasteiger partial charge is 0.238 e. The minimum atomic E-state index is -0.127. The van der Waals surface area contributed by atoms with E-state index in [0.717, 1.165) is 35.8 Å². The molecule has 0 radical (unpaired) electrons. The van der Waals surface area contributed by atoms with Gasteiger partial charge in [0.15, 0.2) is 11.5 Å². The Balaban J connectivity index is 1.18. The van der Waals surface area contributed by atoms with Gasteiger partial charge in [-0.3, -0.25) is 10.1 Å². The zero-order chi connectivity index (χ0) is 21.7. The third-order valence-electron chi connectivity index (χ3n) is 6.13. The number of nitrogens with one attached hydrogen (secondary N) is 2. The zero-order valence-electron chi connectivity index (χ0n) is 19.1. The summed E-state index contributed by atoms with van der Waals surface area (Å²) in [6, 6.07) is 5.88. The molecule has 0 bridgehead atoms. The highest BCUT2D eigenvalue weighted by Crippen LogP contribution is 2.39. The van der Waals surface area contributed by atoms with Gasteiger partial charge >= 0.3 is 0 Å². The van der Waals surface area contributed by atoms with Crippen molar-refractivity contribution in [1.82, 2.24) is 10.6 Å². The molecule has 31 heavy (non-hydrogen) atoms. The van der Waals surface area contributed by atoms with Gasteiger partial charge in [0.25, 0.3) is 0 Å². The van der Waals surface area contributed by atoms with Crippen LogP contribution in [0.25, 0.3) is 0 Å². The topological polar surface area (TPSA) is 59.6 Å². The van der Waals surface area contributed by atoms with E-state index in [-0.39, 0.29) is 24.1 Å². The van der Waals surface area contributed by atoms with Crippen molar-refractivity contribution in [3.05, 3.63) is 23.8 Å². The largest absolute Gasteiger partial charge is 0.454 e. The summed E-state index contributed by atoms with van der Waals surface area (Å²) in [7, 11) is 0. The molecule has 1 unspecified atom stereocenters. The Bertz CT molecular complexity index is 670. The van der Waals surface area contributed by atoms with Crippen molar-refractivity contribution in [2.45, 2.75) is 95.4 Å². The van der Waals surface area contributed by atoms with E-state index in [1.54, 1.807) is 11.8 Å². The summed E-state index contributed by atoms with van der Waals surface area (Å²) in [4.78, 5) is 12.5. The first-order chi connectivity index (χ1) is 15.3. The second-order valence-electron chi connectivity index (χ2n) is 8.73. The van der Waals surface area contributed by atoms with Crippen molar-refractivity contribution in [3.8, 4) is 11.5 Å². The first-order valence-corrected chi connectivity index (χ1v) is 13.4. The van der Waals surface area contributed by atoms with Gasteiger partial charge in [-0.25, -0.2) is 0 Å². The molecule has 2 aliphatic heterocycles. The number of carbonyl (C=O) groups excluding carboxylic acids is 1. The lowest BCUT2D eigenvalue weighted by molar-refractivity contribution is -0.122. The van der Waals surface area contributed by atoms with Crippen LogP contribution in [0.5, 0.6) is 11.5 Å². The van der Waals surface area contributed by atoms with E-state index in [1.807, 2.05) is 18.2 Å². The summed E-state index contributed by atoms with van der Waals surface area (Å²) in [6.45, 7) is 3.34. The van der Waals surface area contributed by atoms with Gasteiger partial charge in [0.05, 0.1) is 11.4 Å². The summed E-state index contributed by atoms with van der Waals surface area (Å²) in [5.74, 6) is 2.51. The number of rotatable bonds is 15.